The van der Waals surface area contributed by atoms with Crippen molar-refractivity contribution in [2.24, 2.45) is 0 Å². The smallest absolute Gasteiger partial charge is 0.416 e. The van der Waals surface area contributed by atoms with Crippen LogP contribution in [-0.4, -0.2) is 27.9 Å². The number of amides is 1. The second-order valence-corrected chi connectivity index (χ2v) is 7.88. The van der Waals surface area contributed by atoms with Gasteiger partial charge in [0.05, 0.1) is 16.8 Å². The number of benzene rings is 2. The van der Waals surface area contributed by atoms with Crippen LogP contribution in [0.4, 0.5) is 24.8 Å². The number of rotatable bonds is 6. The van der Waals surface area contributed by atoms with Crippen LogP contribution in [0.1, 0.15) is 27.0 Å². The standard InChI is InChI=1S/C26H22F3N5O2/c1-15-9-10-17(23(35)33-20-8-4-7-19(16(20)2)26(27,28)29)14-22(15)36-24-18(6-5-12-31-24)21-11-13-32-25(30-3)34-21/h4-14H,1-3H3,(H,33,35)(H,30,32,34). The predicted molar refractivity (Wildman–Crippen MR) is 130 cm³/mol. The van der Waals surface area contributed by atoms with Gasteiger partial charge >= 0.3 is 6.18 Å². The fourth-order valence-corrected chi connectivity index (χ4v) is 3.52. The maximum absolute atomic E-state index is 13.2. The number of alkyl halides is 3. The van der Waals surface area contributed by atoms with E-state index in [0.717, 1.165) is 11.6 Å². The van der Waals surface area contributed by atoms with Gasteiger partial charge in [0, 0.05) is 30.7 Å². The first-order valence-electron chi connectivity index (χ1n) is 10.9. The maximum Gasteiger partial charge on any atom is 0.416 e. The average Bonchev–Trinajstić information content (AvgIpc) is 2.86. The molecule has 0 aliphatic rings. The first-order valence-corrected chi connectivity index (χ1v) is 10.9. The Balaban J connectivity index is 1.62. The molecule has 0 fully saturated rings. The zero-order chi connectivity index (χ0) is 25.9. The summed E-state index contributed by atoms with van der Waals surface area (Å²) in [5, 5.41) is 5.45. The summed E-state index contributed by atoms with van der Waals surface area (Å²) < 4.78 is 45.8. The van der Waals surface area contributed by atoms with Gasteiger partial charge in [0.1, 0.15) is 5.75 Å². The van der Waals surface area contributed by atoms with Crippen molar-refractivity contribution < 1.29 is 22.7 Å². The highest BCUT2D eigenvalue weighted by Gasteiger charge is 2.33. The van der Waals surface area contributed by atoms with Crippen molar-refractivity contribution in [2.45, 2.75) is 20.0 Å². The molecule has 0 atom stereocenters. The van der Waals surface area contributed by atoms with Crippen LogP contribution in [0.25, 0.3) is 11.3 Å². The zero-order valence-electron chi connectivity index (χ0n) is 19.6. The van der Waals surface area contributed by atoms with Crippen LogP contribution >= 0.6 is 0 Å². The van der Waals surface area contributed by atoms with Crippen LogP contribution < -0.4 is 15.4 Å². The van der Waals surface area contributed by atoms with Crippen molar-refractivity contribution in [1.29, 1.82) is 0 Å². The van der Waals surface area contributed by atoms with E-state index >= 15 is 0 Å². The van der Waals surface area contributed by atoms with Crippen LogP contribution in [-0.2, 0) is 6.18 Å². The predicted octanol–water partition coefficient (Wildman–Crippen LogP) is 6.26. The van der Waals surface area contributed by atoms with Crippen molar-refractivity contribution in [2.75, 3.05) is 17.7 Å². The SMILES string of the molecule is CNc1nccc(-c2cccnc2Oc2cc(C(=O)Nc3cccc(C(F)(F)F)c3C)ccc2C)n1. The highest BCUT2D eigenvalue weighted by molar-refractivity contribution is 6.05. The minimum Gasteiger partial charge on any atom is -0.438 e. The van der Waals surface area contributed by atoms with E-state index in [2.05, 4.69) is 25.6 Å². The lowest BCUT2D eigenvalue weighted by molar-refractivity contribution is -0.138. The van der Waals surface area contributed by atoms with Crippen LogP contribution in [0.15, 0.2) is 67.0 Å². The van der Waals surface area contributed by atoms with Gasteiger partial charge in [-0.15, -0.1) is 0 Å². The zero-order valence-corrected chi connectivity index (χ0v) is 19.6. The molecular weight excluding hydrogens is 471 g/mol. The summed E-state index contributed by atoms with van der Waals surface area (Å²) in [4.78, 5) is 25.8. The average molecular weight is 493 g/mol. The van der Waals surface area contributed by atoms with E-state index in [-0.39, 0.29) is 22.7 Å². The molecule has 0 unspecified atom stereocenters. The lowest BCUT2D eigenvalue weighted by Gasteiger charge is -2.15. The molecule has 0 radical (unpaired) electrons. The summed E-state index contributed by atoms with van der Waals surface area (Å²) in [6.45, 7) is 3.12. The van der Waals surface area contributed by atoms with Gasteiger partial charge in [0.2, 0.25) is 11.8 Å². The summed E-state index contributed by atoms with van der Waals surface area (Å²) in [5.41, 5.74) is 1.36. The number of nitrogens with zero attached hydrogens (tertiary/aromatic N) is 3. The molecule has 0 aliphatic carbocycles. The molecule has 7 nitrogen and oxygen atoms in total. The molecule has 4 rings (SSSR count). The number of pyridine rings is 1. The molecule has 10 heteroatoms. The van der Waals surface area contributed by atoms with Crippen LogP contribution in [0, 0.1) is 13.8 Å². The summed E-state index contributed by atoms with van der Waals surface area (Å²) in [5.74, 6) is 0.499. The molecule has 0 saturated heterocycles. The molecule has 4 aromatic rings. The Morgan fingerprint density at radius 2 is 1.78 bits per heavy atom. The molecule has 2 heterocycles. The second kappa shape index (κ2) is 10.0. The summed E-state index contributed by atoms with van der Waals surface area (Å²) >= 11 is 0. The van der Waals surface area contributed by atoms with Crippen molar-refractivity contribution in [3.63, 3.8) is 0 Å². The van der Waals surface area contributed by atoms with E-state index in [1.807, 2.05) is 0 Å². The number of halogens is 3. The largest absolute Gasteiger partial charge is 0.438 e. The lowest BCUT2D eigenvalue weighted by Crippen LogP contribution is -2.15. The van der Waals surface area contributed by atoms with Crippen molar-refractivity contribution in [3.05, 3.63) is 89.2 Å². The molecule has 0 bridgehead atoms. The van der Waals surface area contributed by atoms with E-state index in [1.54, 1.807) is 56.7 Å². The number of carbonyl (C=O) groups is 1. The molecule has 0 aliphatic heterocycles. The molecule has 0 spiro atoms. The minimum atomic E-state index is -4.52. The van der Waals surface area contributed by atoms with Crippen molar-refractivity contribution in [1.82, 2.24) is 15.0 Å². The highest BCUT2D eigenvalue weighted by atomic mass is 19.4. The Morgan fingerprint density at radius 3 is 2.53 bits per heavy atom. The number of nitrogens with one attached hydrogen (secondary N) is 2. The van der Waals surface area contributed by atoms with Gasteiger partial charge in [0.15, 0.2) is 0 Å². The Bertz CT molecular complexity index is 1420. The molecule has 1 amide bonds. The topological polar surface area (TPSA) is 89.0 Å². The van der Waals surface area contributed by atoms with E-state index < -0.39 is 17.6 Å². The maximum atomic E-state index is 13.2. The van der Waals surface area contributed by atoms with E-state index in [4.69, 9.17) is 4.74 Å². The first-order chi connectivity index (χ1) is 17.2. The van der Waals surface area contributed by atoms with Gasteiger partial charge in [-0.1, -0.05) is 12.1 Å². The summed E-state index contributed by atoms with van der Waals surface area (Å²) in [6, 6.07) is 13.7. The highest BCUT2D eigenvalue weighted by Crippen LogP contribution is 2.35. The van der Waals surface area contributed by atoms with Gasteiger partial charge in [-0.05, 0) is 67.4 Å². The van der Waals surface area contributed by atoms with Gasteiger partial charge in [-0.25, -0.2) is 15.0 Å². The number of aryl methyl sites for hydroxylation is 1. The molecule has 2 aromatic carbocycles. The van der Waals surface area contributed by atoms with Crippen LogP contribution in [0.2, 0.25) is 0 Å². The lowest BCUT2D eigenvalue weighted by atomic mass is 10.1. The molecule has 2 aromatic heterocycles. The molecule has 0 saturated carbocycles. The molecule has 184 valence electrons. The third-order valence-electron chi connectivity index (χ3n) is 5.47. The summed E-state index contributed by atoms with van der Waals surface area (Å²) in [6.07, 6.45) is -1.34. The number of hydrogen-bond donors (Lipinski definition) is 2. The van der Waals surface area contributed by atoms with Gasteiger partial charge < -0.3 is 15.4 Å². The van der Waals surface area contributed by atoms with Gasteiger partial charge in [-0.3, -0.25) is 4.79 Å². The first kappa shape index (κ1) is 24.6. The van der Waals surface area contributed by atoms with Crippen molar-refractivity contribution in [3.8, 4) is 22.9 Å². The number of aromatic nitrogens is 3. The Labute approximate surface area is 205 Å². The van der Waals surface area contributed by atoms with E-state index in [9.17, 15) is 18.0 Å². The quantitative estimate of drug-likeness (QED) is 0.330. The Hall–Kier alpha value is -4.47. The Kier molecular flexibility index (Phi) is 6.86. The number of hydrogen-bond acceptors (Lipinski definition) is 6. The third kappa shape index (κ3) is 5.27. The number of carbonyl (C=O) groups excluding carboxylic acids is 1. The van der Waals surface area contributed by atoms with E-state index in [1.165, 1.54) is 25.1 Å². The van der Waals surface area contributed by atoms with Crippen LogP contribution in [0.3, 0.4) is 0 Å². The molecule has 2 N–H and O–H groups in total. The normalized spacial score (nSPS) is 11.2. The van der Waals surface area contributed by atoms with E-state index in [0.29, 0.717) is 23.0 Å². The Morgan fingerprint density at radius 1 is 0.972 bits per heavy atom. The number of anilines is 2. The fraction of sp³-hybridized carbons (Fsp3) is 0.154. The second-order valence-electron chi connectivity index (χ2n) is 7.88. The fourth-order valence-electron chi connectivity index (χ4n) is 3.52. The molecular formula is C26H22F3N5O2. The number of ether oxygens (including phenoxy) is 1. The molecule has 36 heavy (non-hydrogen) atoms. The van der Waals surface area contributed by atoms with Crippen molar-refractivity contribution >= 4 is 17.5 Å². The minimum absolute atomic E-state index is 0.0640. The summed E-state index contributed by atoms with van der Waals surface area (Å²) in [7, 11) is 1.71. The van der Waals surface area contributed by atoms with Gasteiger partial charge in [0.25, 0.3) is 5.91 Å². The monoisotopic (exact) mass is 493 g/mol. The van der Waals surface area contributed by atoms with Gasteiger partial charge in [-0.2, -0.15) is 13.2 Å². The third-order valence-corrected chi connectivity index (χ3v) is 5.47. The van der Waals surface area contributed by atoms with Crippen LogP contribution in [0.5, 0.6) is 11.6 Å².